The standard InChI is InChI=1S/C12H13ClF3NO4/c1-2-21-9(19)4-8(18)10(20)7-3-6(12(14,15)16)5-17-11(7)13/h3,5,8,10,18,20H,2,4H2,1H3. The van der Waals surface area contributed by atoms with Gasteiger partial charge in [-0.15, -0.1) is 0 Å². The molecule has 118 valence electrons. The molecule has 0 saturated carbocycles. The molecule has 9 heteroatoms. The van der Waals surface area contributed by atoms with Crippen LogP contribution in [0.15, 0.2) is 12.3 Å². The number of carbonyl (C=O) groups is 1. The molecule has 0 aromatic carbocycles. The molecule has 21 heavy (non-hydrogen) atoms. The van der Waals surface area contributed by atoms with Crippen LogP contribution in [0.5, 0.6) is 0 Å². The van der Waals surface area contributed by atoms with Gasteiger partial charge in [-0.05, 0) is 13.0 Å². The van der Waals surface area contributed by atoms with Crippen molar-refractivity contribution < 1.29 is 32.9 Å². The van der Waals surface area contributed by atoms with Crippen LogP contribution in [0, 0.1) is 0 Å². The van der Waals surface area contributed by atoms with Gasteiger partial charge in [0, 0.05) is 11.8 Å². The van der Waals surface area contributed by atoms with E-state index < -0.39 is 47.1 Å². The minimum absolute atomic E-state index is 0.0769. The van der Waals surface area contributed by atoms with E-state index in [4.69, 9.17) is 11.6 Å². The molecule has 0 fully saturated rings. The maximum Gasteiger partial charge on any atom is 0.417 e. The molecule has 2 atom stereocenters. The van der Waals surface area contributed by atoms with Crippen LogP contribution in [0.3, 0.4) is 0 Å². The largest absolute Gasteiger partial charge is 0.466 e. The Morgan fingerprint density at radius 2 is 2.10 bits per heavy atom. The van der Waals surface area contributed by atoms with Crippen LogP contribution in [-0.2, 0) is 15.7 Å². The number of aromatic nitrogens is 1. The zero-order chi connectivity index (χ0) is 16.2. The van der Waals surface area contributed by atoms with Crippen LogP contribution < -0.4 is 0 Å². The smallest absolute Gasteiger partial charge is 0.417 e. The van der Waals surface area contributed by atoms with Crippen molar-refractivity contribution in [2.75, 3.05) is 6.61 Å². The van der Waals surface area contributed by atoms with Crippen LogP contribution in [0.25, 0.3) is 0 Å². The number of rotatable bonds is 5. The van der Waals surface area contributed by atoms with Crippen molar-refractivity contribution >= 4 is 17.6 Å². The van der Waals surface area contributed by atoms with Gasteiger partial charge in [-0.1, -0.05) is 11.6 Å². The zero-order valence-electron chi connectivity index (χ0n) is 10.9. The highest BCUT2D eigenvalue weighted by atomic mass is 35.5. The highest BCUT2D eigenvalue weighted by Gasteiger charge is 2.33. The number of ether oxygens (including phenoxy) is 1. The minimum Gasteiger partial charge on any atom is -0.466 e. The van der Waals surface area contributed by atoms with Crippen molar-refractivity contribution in [3.05, 3.63) is 28.5 Å². The van der Waals surface area contributed by atoms with E-state index in [0.29, 0.717) is 12.3 Å². The fraction of sp³-hybridized carbons (Fsp3) is 0.500. The number of aliphatic hydroxyl groups excluding tert-OH is 2. The summed E-state index contributed by atoms with van der Waals surface area (Å²) in [6, 6.07) is 0.578. The van der Waals surface area contributed by atoms with Crippen LogP contribution >= 0.6 is 11.6 Å². The lowest BCUT2D eigenvalue weighted by atomic mass is 10.0. The third-order valence-electron chi connectivity index (χ3n) is 2.56. The van der Waals surface area contributed by atoms with Crippen LogP contribution in [0.4, 0.5) is 13.2 Å². The van der Waals surface area contributed by atoms with E-state index in [9.17, 15) is 28.2 Å². The summed E-state index contributed by atoms with van der Waals surface area (Å²) in [7, 11) is 0. The molecule has 0 aliphatic heterocycles. The highest BCUT2D eigenvalue weighted by molar-refractivity contribution is 6.30. The monoisotopic (exact) mass is 327 g/mol. The molecule has 1 aromatic heterocycles. The molecule has 0 bridgehead atoms. The Balaban J connectivity index is 2.95. The summed E-state index contributed by atoms with van der Waals surface area (Å²) in [6.45, 7) is 1.63. The quantitative estimate of drug-likeness (QED) is 0.639. The SMILES string of the molecule is CCOC(=O)CC(O)C(O)c1cc(C(F)(F)F)cnc1Cl. The van der Waals surface area contributed by atoms with E-state index in [2.05, 4.69) is 9.72 Å². The molecule has 2 N–H and O–H groups in total. The summed E-state index contributed by atoms with van der Waals surface area (Å²) in [5.41, 5.74) is -1.53. The first-order valence-corrected chi connectivity index (χ1v) is 6.29. The first-order valence-electron chi connectivity index (χ1n) is 5.91. The van der Waals surface area contributed by atoms with E-state index in [1.807, 2.05) is 0 Å². The van der Waals surface area contributed by atoms with Crippen molar-refractivity contribution in [2.45, 2.75) is 31.7 Å². The van der Waals surface area contributed by atoms with E-state index in [0.717, 1.165) is 0 Å². The lowest BCUT2D eigenvalue weighted by Gasteiger charge is -2.19. The van der Waals surface area contributed by atoms with Crippen molar-refractivity contribution in [3.63, 3.8) is 0 Å². The highest BCUT2D eigenvalue weighted by Crippen LogP contribution is 2.33. The van der Waals surface area contributed by atoms with Gasteiger partial charge < -0.3 is 14.9 Å². The van der Waals surface area contributed by atoms with Crippen LogP contribution in [0.1, 0.15) is 30.6 Å². The van der Waals surface area contributed by atoms with Crippen molar-refractivity contribution in [3.8, 4) is 0 Å². The fourth-order valence-corrected chi connectivity index (χ4v) is 1.75. The Hall–Kier alpha value is -1.38. The molecule has 2 unspecified atom stereocenters. The number of aliphatic hydroxyl groups is 2. The van der Waals surface area contributed by atoms with E-state index in [1.165, 1.54) is 0 Å². The zero-order valence-corrected chi connectivity index (χ0v) is 11.6. The molecular formula is C12H13ClF3NO4. The average Bonchev–Trinajstić information content (AvgIpc) is 2.37. The Bertz CT molecular complexity index is 510. The average molecular weight is 328 g/mol. The van der Waals surface area contributed by atoms with Gasteiger partial charge in [0.1, 0.15) is 11.3 Å². The van der Waals surface area contributed by atoms with E-state index >= 15 is 0 Å². The molecule has 0 aliphatic rings. The summed E-state index contributed by atoms with van der Waals surface area (Å²) in [6.07, 6.45) is -8.20. The Morgan fingerprint density at radius 1 is 1.48 bits per heavy atom. The van der Waals surface area contributed by atoms with E-state index in [1.54, 1.807) is 6.92 Å². The third-order valence-corrected chi connectivity index (χ3v) is 2.87. The maximum absolute atomic E-state index is 12.6. The minimum atomic E-state index is -4.67. The van der Waals surface area contributed by atoms with Crippen molar-refractivity contribution in [2.24, 2.45) is 0 Å². The number of halogens is 4. The topological polar surface area (TPSA) is 79.7 Å². The van der Waals surface area contributed by atoms with Gasteiger partial charge in [-0.3, -0.25) is 4.79 Å². The lowest BCUT2D eigenvalue weighted by molar-refractivity contribution is -0.147. The molecule has 0 radical (unpaired) electrons. The number of hydrogen-bond acceptors (Lipinski definition) is 5. The number of hydrogen-bond donors (Lipinski definition) is 2. The van der Waals surface area contributed by atoms with Gasteiger partial charge in [-0.25, -0.2) is 4.98 Å². The van der Waals surface area contributed by atoms with Gasteiger partial charge in [0.15, 0.2) is 0 Å². The molecule has 0 saturated heterocycles. The Labute approximate surface area is 123 Å². The fourth-order valence-electron chi connectivity index (χ4n) is 1.54. The molecular weight excluding hydrogens is 315 g/mol. The third kappa shape index (κ3) is 4.83. The summed E-state index contributed by atoms with van der Waals surface area (Å²) in [4.78, 5) is 14.5. The predicted octanol–water partition coefficient (Wildman–Crippen LogP) is 2.10. The van der Waals surface area contributed by atoms with Crippen LogP contribution in [-0.4, -0.2) is 33.9 Å². The normalized spacial score (nSPS) is 14.6. The molecule has 1 heterocycles. The van der Waals surface area contributed by atoms with Crippen LogP contribution in [0.2, 0.25) is 5.15 Å². The molecule has 5 nitrogen and oxygen atoms in total. The lowest BCUT2D eigenvalue weighted by Crippen LogP contribution is -2.24. The second kappa shape index (κ2) is 7.06. The van der Waals surface area contributed by atoms with Crippen molar-refractivity contribution in [1.29, 1.82) is 0 Å². The molecule has 0 spiro atoms. The summed E-state index contributed by atoms with van der Waals surface area (Å²) < 4.78 is 42.3. The Morgan fingerprint density at radius 3 is 2.62 bits per heavy atom. The first kappa shape index (κ1) is 17.7. The van der Waals surface area contributed by atoms with E-state index in [-0.39, 0.29) is 6.61 Å². The number of alkyl halides is 3. The number of carbonyl (C=O) groups excluding carboxylic acids is 1. The molecule has 0 amide bonds. The number of nitrogens with zero attached hydrogens (tertiary/aromatic N) is 1. The van der Waals surface area contributed by atoms with Gasteiger partial charge in [0.25, 0.3) is 0 Å². The van der Waals surface area contributed by atoms with Crippen molar-refractivity contribution in [1.82, 2.24) is 4.98 Å². The predicted molar refractivity (Wildman–Crippen MR) is 66.5 cm³/mol. The summed E-state index contributed by atoms with van der Waals surface area (Å²) in [5, 5.41) is 19.1. The molecule has 1 aromatic rings. The number of pyridine rings is 1. The maximum atomic E-state index is 12.6. The molecule has 0 aliphatic carbocycles. The first-order chi connectivity index (χ1) is 9.66. The van der Waals surface area contributed by atoms with Gasteiger partial charge in [0.2, 0.25) is 0 Å². The molecule has 1 rings (SSSR count). The van der Waals surface area contributed by atoms with Gasteiger partial charge in [0.05, 0.1) is 24.7 Å². The Kier molecular flexibility index (Phi) is 5.94. The summed E-state index contributed by atoms with van der Waals surface area (Å²) >= 11 is 5.62. The second-order valence-electron chi connectivity index (χ2n) is 4.12. The second-order valence-corrected chi connectivity index (χ2v) is 4.48. The van der Waals surface area contributed by atoms with Gasteiger partial charge >= 0.3 is 12.1 Å². The number of esters is 1. The van der Waals surface area contributed by atoms with Gasteiger partial charge in [-0.2, -0.15) is 13.2 Å². The summed E-state index contributed by atoms with van der Waals surface area (Å²) in [5.74, 6) is -0.792.